The summed E-state index contributed by atoms with van der Waals surface area (Å²) in [5, 5.41) is 29.8. The highest BCUT2D eigenvalue weighted by Gasteiger charge is 2.44. The quantitative estimate of drug-likeness (QED) is 0.215. The average Bonchev–Trinajstić information content (AvgIpc) is 3.79. The van der Waals surface area contributed by atoms with Crippen molar-refractivity contribution in [1.82, 2.24) is 41.2 Å². The number of hydrogen-bond acceptors (Lipinski definition) is 9. The van der Waals surface area contributed by atoms with Crippen LogP contribution in [0.1, 0.15) is 56.5 Å². The molecule has 6 atom stereocenters. The monoisotopic (exact) mass is 702 g/mol. The first-order valence-electron chi connectivity index (χ1n) is 17.2. The molecule has 51 heavy (non-hydrogen) atoms. The van der Waals surface area contributed by atoms with Crippen LogP contribution in [0, 0.1) is 5.92 Å². The number of carboxylic acids is 1. The van der Waals surface area contributed by atoms with Gasteiger partial charge in [0, 0.05) is 19.4 Å². The number of nitrogens with zero attached hydrogens (tertiary/aromatic N) is 4. The Morgan fingerprint density at radius 2 is 1.75 bits per heavy atom. The van der Waals surface area contributed by atoms with Crippen molar-refractivity contribution in [2.45, 2.75) is 89.3 Å². The Kier molecular flexibility index (Phi) is 12.0. The minimum Gasteiger partial charge on any atom is -0.487 e. The van der Waals surface area contributed by atoms with Gasteiger partial charge in [0.25, 0.3) is 0 Å². The molecule has 3 aliphatic rings. The molecule has 0 aliphatic carbocycles. The normalized spacial score (nSPS) is 22.1. The van der Waals surface area contributed by atoms with Crippen LogP contribution >= 0.6 is 0 Å². The Labute approximate surface area is 296 Å². The summed E-state index contributed by atoms with van der Waals surface area (Å²) in [5.41, 5.74) is 2.11. The maximum absolute atomic E-state index is 14.3. The lowest BCUT2D eigenvalue weighted by atomic mass is 10.0. The molecule has 6 rings (SSSR count). The second kappa shape index (κ2) is 16.6. The molecule has 6 unspecified atom stereocenters. The molecule has 3 aliphatic heterocycles. The van der Waals surface area contributed by atoms with Crippen molar-refractivity contribution in [3.05, 3.63) is 77.6 Å². The maximum atomic E-state index is 14.3. The van der Waals surface area contributed by atoms with Crippen molar-refractivity contribution in [1.29, 1.82) is 0 Å². The van der Waals surface area contributed by atoms with E-state index >= 15 is 0 Å². The number of hydrogen-bond donors (Lipinski definition) is 5. The van der Waals surface area contributed by atoms with Crippen LogP contribution in [0.25, 0.3) is 0 Å². The minimum absolute atomic E-state index is 0.00387. The van der Waals surface area contributed by atoms with Crippen LogP contribution in [0.15, 0.2) is 60.8 Å². The van der Waals surface area contributed by atoms with Gasteiger partial charge < -0.3 is 36.0 Å². The minimum atomic E-state index is -1.28. The molecule has 1 aromatic heterocycles. The number of carbonyl (C=O) groups is 5. The molecule has 1 saturated heterocycles. The molecule has 2 aromatic carbocycles. The highest BCUT2D eigenvalue weighted by molar-refractivity contribution is 5.96. The first kappa shape index (κ1) is 37.0. The molecule has 4 heterocycles. The summed E-state index contributed by atoms with van der Waals surface area (Å²) in [6, 6.07) is 10.9. The van der Waals surface area contributed by atoms with Crippen molar-refractivity contribution < 1.29 is 33.8 Å². The van der Waals surface area contributed by atoms with Gasteiger partial charge in [0.1, 0.15) is 42.2 Å². The van der Waals surface area contributed by atoms with E-state index in [1.165, 1.54) is 4.90 Å². The number of nitrogens with one attached hydrogen (secondary N) is 4. The number of aryl methyl sites for hydroxylation is 1. The van der Waals surface area contributed by atoms with Crippen LogP contribution < -0.4 is 26.0 Å². The van der Waals surface area contributed by atoms with E-state index in [0.717, 1.165) is 5.56 Å². The molecular formula is C36H46N8O7. The number of likely N-dealkylation sites (N-methyl/N-ethyl adjacent to an activating group) is 1. The van der Waals surface area contributed by atoms with Crippen LogP contribution in [-0.2, 0) is 43.4 Å². The number of benzene rings is 2. The summed E-state index contributed by atoms with van der Waals surface area (Å²) < 4.78 is 7.50. The van der Waals surface area contributed by atoms with Crippen molar-refractivity contribution >= 4 is 29.6 Å². The van der Waals surface area contributed by atoms with E-state index in [1.807, 2.05) is 44.2 Å². The van der Waals surface area contributed by atoms with Gasteiger partial charge in [-0.2, -0.15) is 0 Å². The number of likely N-dealkylation sites (tertiary alicyclic amines) is 1. The van der Waals surface area contributed by atoms with E-state index in [4.69, 9.17) is 4.74 Å². The topological polar surface area (TPSA) is 197 Å². The number of ether oxygens (including phenoxy) is 1. The molecule has 3 aromatic rings. The van der Waals surface area contributed by atoms with Gasteiger partial charge in [-0.15, -0.1) is 5.10 Å². The van der Waals surface area contributed by atoms with E-state index < -0.39 is 59.9 Å². The third kappa shape index (κ3) is 9.28. The first-order chi connectivity index (χ1) is 24.4. The average molecular weight is 703 g/mol. The molecule has 1 fully saturated rings. The molecule has 6 bridgehead atoms. The van der Waals surface area contributed by atoms with Crippen LogP contribution in [0.4, 0.5) is 0 Å². The lowest BCUT2D eigenvalue weighted by molar-refractivity contribution is -0.144. The highest BCUT2D eigenvalue weighted by Crippen LogP contribution is 2.29. The van der Waals surface area contributed by atoms with E-state index in [1.54, 1.807) is 49.1 Å². The lowest BCUT2D eigenvalue weighted by Crippen LogP contribution is -2.59. The maximum Gasteiger partial charge on any atom is 0.326 e. The number of carboxylic acid groups (broad SMARTS) is 1. The molecular weight excluding hydrogens is 656 g/mol. The van der Waals surface area contributed by atoms with E-state index in [-0.39, 0.29) is 44.2 Å². The molecule has 0 radical (unpaired) electrons. The van der Waals surface area contributed by atoms with Crippen molar-refractivity contribution in [2.75, 3.05) is 13.6 Å². The van der Waals surface area contributed by atoms with Crippen LogP contribution in [0.3, 0.4) is 0 Å². The van der Waals surface area contributed by atoms with Gasteiger partial charge in [0.15, 0.2) is 0 Å². The third-order valence-electron chi connectivity index (χ3n) is 9.42. The Balaban J connectivity index is 1.49. The number of carbonyl (C=O) groups excluding carboxylic acids is 4. The smallest absolute Gasteiger partial charge is 0.326 e. The van der Waals surface area contributed by atoms with Gasteiger partial charge >= 0.3 is 5.97 Å². The van der Waals surface area contributed by atoms with Crippen molar-refractivity contribution in [3.63, 3.8) is 0 Å². The SMILES string of the molecule is CNC(C)C(=O)NC(C(=O)N1CC2CC1C(=O)NC(CCc1ccccc1)C(=O)NC(C(=O)O)Cc1ccc(cc1)OCc1cn2nn1)C(C)C. The fourth-order valence-electron chi connectivity index (χ4n) is 6.24. The predicted octanol–water partition coefficient (Wildman–Crippen LogP) is 0.991. The predicted molar refractivity (Wildman–Crippen MR) is 185 cm³/mol. The van der Waals surface area contributed by atoms with Gasteiger partial charge in [0.2, 0.25) is 23.6 Å². The Morgan fingerprint density at radius 3 is 2.41 bits per heavy atom. The zero-order valence-corrected chi connectivity index (χ0v) is 29.2. The van der Waals surface area contributed by atoms with Crippen LogP contribution in [0.5, 0.6) is 5.75 Å². The zero-order chi connectivity index (χ0) is 36.7. The largest absolute Gasteiger partial charge is 0.487 e. The van der Waals surface area contributed by atoms with E-state index in [9.17, 15) is 29.1 Å². The van der Waals surface area contributed by atoms with Crippen molar-refractivity contribution in [2.24, 2.45) is 5.92 Å². The Morgan fingerprint density at radius 1 is 1.02 bits per heavy atom. The number of aromatic nitrogens is 3. The summed E-state index contributed by atoms with van der Waals surface area (Å²) in [6.45, 7) is 5.48. The summed E-state index contributed by atoms with van der Waals surface area (Å²) in [4.78, 5) is 69.0. The summed E-state index contributed by atoms with van der Waals surface area (Å²) >= 11 is 0. The second-order valence-electron chi connectivity index (χ2n) is 13.4. The number of rotatable bonds is 9. The van der Waals surface area contributed by atoms with Crippen LogP contribution in [0.2, 0.25) is 0 Å². The fourth-order valence-corrected chi connectivity index (χ4v) is 6.24. The highest BCUT2D eigenvalue weighted by atomic mass is 16.5. The Hall–Kier alpha value is -5.31. The number of amides is 4. The lowest BCUT2D eigenvalue weighted by Gasteiger charge is -2.31. The summed E-state index contributed by atoms with van der Waals surface area (Å²) in [5.74, 6) is -3.07. The first-order valence-corrected chi connectivity index (χ1v) is 17.2. The number of fused-ring (bicyclic) bond motifs is 9. The Bertz CT molecular complexity index is 1700. The molecule has 0 spiro atoms. The van der Waals surface area contributed by atoms with Gasteiger partial charge in [-0.05, 0) is 56.0 Å². The molecule has 5 N–H and O–H groups in total. The molecule has 15 heteroatoms. The fraction of sp³-hybridized carbons (Fsp3) is 0.472. The van der Waals surface area contributed by atoms with Gasteiger partial charge in [-0.1, -0.05) is 61.5 Å². The molecule has 0 saturated carbocycles. The summed E-state index contributed by atoms with van der Waals surface area (Å²) in [6.07, 6.45) is 2.44. The van der Waals surface area contributed by atoms with Crippen LogP contribution in [-0.4, -0.2) is 98.4 Å². The zero-order valence-electron chi connectivity index (χ0n) is 29.2. The molecule has 4 amide bonds. The standard InChI is InChI=1S/C36H46N8O7/c1-21(2)31(40-32(45)22(3)37-4)35(48)43-19-26-17-30(43)34(47)38-28(15-12-23-8-6-5-7-9-23)33(46)39-29(36(49)50)16-24-10-13-27(14-11-24)51-20-25-18-44(26)42-41-25/h5-11,13-14,18,21-22,26,28-31,37H,12,15-17,19-20H2,1-4H3,(H,38,47)(H,39,46)(H,40,45)(H,49,50). The molecule has 15 nitrogen and oxygen atoms in total. The van der Waals surface area contributed by atoms with E-state index in [2.05, 4.69) is 31.6 Å². The van der Waals surface area contributed by atoms with Gasteiger partial charge in [-0.25, -0.2) is 9.48 Å². The van der Waals surface area contributed by atoms with Gasteiger partial charge in [-0.3, -0.25) is 19.2 Å². The second-order valence-corrected chi connectivity index (χ2v) is 13.4. The summed E-state index contributed by atoms with van der Waals surface area (Å²) in [7, 11) is 1.64. The van der Waals surface area contributed by atoms with E-state index in [0.29, 0.717) is 23.4 Å². The third-order valence-corrected chi connectivity index (χ3v) is 9.42. The number of aliphatic carboxylic acids is 1. The van der Waals surface area contributed by atoms with Gasteiger partial charge in [0.05, 0.1) is 18.3 Å². The molecule has 272 valence electrons. The van der Waals surface area contributed by atoms with Crippen molar-refractivity contribution in [3.8, 4) is 5.75 Å².